The smallest absolute Gasteiger partial charge is 0.416 e. The van der Waals surface area contributed by atoms with Crippen LogP contribution in [0.2, 0.25) is 0 Å². The third-order valence-corrected chi connectivity index (χ3v) is 6.59. The number of benzene rings is 2. The van der Waals surface area contributed by atoms with Crippen molar-refractivity contribution in [2.75, 3.05) is 13.2 Å². The predicted octanol–water partition coefficient (Wildman–Crippen LogP) is 6.87. The molecule has 0 spiro atoms. The van der Waals surface area contributed by atoms with Crippen LogP contribution in [-0.2, 0) is 19.0 Å². The highest BCUT2D eigenvalue weighted by atomic mass is 32.1. The maximum atomic E-state index is 13.0. The number of carbonyl (C=O) groups is 1. The highest BCUT2D eigenvalue weighted by Gasteiger charge is 2.30. The SMILES string of the molecule is C=CCc1cc(C(=O)CCc2sc(-c3ccc(C(F)(F)F)cc3)nc2C(C)C)ccc1OCCO. The van der Waals surface area contributed by atoms with E-state index < -0.39 is 11.7 Å². The first kappa shape index (κ1) is 26.6. The monoisotopic (exact) mass is 503 g/mol. The Labute approximate surface area is 207 Å². The minimum absolute atomic E-state index is 0.0248. The standard InChI is InChI=1S/C27H28F3NO3S/c1-4-5-20-16-19(8-12-23(20)34-15-14-32)22(33)11-13-24-25(17(2)3)31-26(35-24)18-6-9-21(10-7-18)27(28,29)30/h4,6-10,12,16-17,32H,1,5,11,13-15H2,2-3H3. The normalized spacial score (nSPS) is 11.6. The maximum Gasteiger partial charge on any atom is 0.416 e. The lowest BCUT2D eigenvalue weighted by Gasteiger charge is -2.11. The number of ketones is 1. The van der Waals surface area contributed by atoms with Gasteiger partial charge in [0, 0.05) is 22.4 Å². The fraction of sp³-hybridized carbons (Fsp3) is 0.333. The minimum Gasteiger partial charge on any atom is -0.491 e. The molecule has 0 radical (unpaired) electrons. The lowest BCUT2D eigenvalue weighted by molar-refractivity contribution is -0.137. The molecule has 0 amide bonds. The number of carbonyl (C=O) groups excluding carboxylic acids is 1. The molecule has 0 saturated carbocycles. The molecule has 0 atom stereocenters. The summed E-state index contributed by atoms with van der Waals surface area (Å²) in [5, 5.41) is 9.64. The van der Waals surface area contributed by atoms with E-state index in [9.17, 15) is 18.0 Å². The van der Waals surface area contributed by atoms with E-state index in [-0.39, 0.29) is 31.3 Å². The lowest BCUT2D eigenvalue weighted by atomic mass is 10.00. The van der Waals surface area contributed by atoms with Crippen LogP contribution in [0, 0.1) is 0 Å². The van der Waals surface area contributed by atoms with E-state index in [1.54, 1.807) is 24.3 Å². The Bertz CT molecular complexity index is 1170. The number of rotatable bonds is 11. The van der Waals surface area contributed by atoms with Gasteiger partial charge in [-0.2, -0.15) is 13.2 Å². The van der Waals surface area contributed by atoms with Gasteiger partial charge in [0.25, 0.3) is 0 Å². The van der Waals surface area contributed by atoms with Crippen LogP contribution in [0.4, 0.5) is 13.2 Å². The Morgan fingerprint density at radius 3 is 2.51 bits per heavy atom. The number of aromatic nitrogens is 1. The number of aliphatic hydroxyl groups is 1. The molecule has 35 heavy (non-hydrogen) atoms. The summed E-state index contributed by atoms with van der Waals surface area (Å²) in [5.74, 6) is 0.700. The first-order chi connectivity index (χ1) is 16.6. The lowest BCUT2D eigenvalue weighted by Crippen LogP contribution is -2.06. The largest absolute Gasteiger partial charge is 0.491 e. The van der Waals surface area contributed by atoms with E-state index in [2.05, 4.69) is 11.6 Å². The molecule has 1 aromatic heterocycles. The highest BCUT2D eigenvalue weighted by molar-refractivity contribution is 7.15. The van der Waals surface area contributed by atoms with E-state index in [0.29, 0.717) is 34.7 Å². The minimum atomic E-state index is -4.38. The van der Waals surface area contributed by atoms with Gasteiger partial charge in [0.15, 0.2) is 5.78 Å². The van der Waals surface area contributed by atoms with Crippen molar-refractivity contribution in [2.24, 2.45) is 0 Å². The van der Waals surface area contributed by atoms with Crippen molar-refractivity contribution in [1.29, 1.82) is 0 Å². The maximum absolute atomic E-state index is 13.0. The zero-order valence-corrected chi connectivity index (χ0v) is 20.5. The third-order valence-electron chi connectivity index (χ3n) is 5.41. The second-order valence-corrected chi connectivity index (χ2v) is 9.45. The van der Waals surface area contributed by atoms with Crippen LogP contribution in [0.15, 0.2) is 55.1 Å². The van der Waals surface area contributed by atoms with Crippen LogP contribution < -0.4 is 4.74 Å². The molecule has 0 aliphatic heterocycles. The number of hydrogen-bond donors (Lipinski definition) is 1. The fourth-order valence-corrected chi connectivity index (χ4v) is 4.88. The molecule has 0 bridgehead atoms. The van der Waals surface area contributed by atoms with Crippen molar-refractivity contribution in [1.82, 2.24) is 4.98 Å². The molecular formula is C27H28F3NO3S. The number of hydrogen-bond acceptors (Lipinski definition) is 5. The molecule has 1 N–H and O–H groups in total. The van der Waals surface area contributed by atoms with Crippen LogP contribution in [0.5, 0.6) is 5.75 Å². The Morgan fingerprint density at radius 1 is 1.20 bits per heavy atom. The van der Waals surface area contributed by atoms with Crippen molar-refractivity contribution in [3.8, 4) is 16.3 Å². The molecular weight excluding hydrogens is 475 g/mol. The highest BCUT2D eigenvalue weighted by Crippen LogP contribution is 2.35. The van der Waals surface area contributed by atoms with Gasteiger partial charge in [0.2, 0.25) is 0 Å². The van der Waals surface area contributed by atoms with Gasteiger partial charge in [-0.1, -0.05) is 32.1 Å². The average Bonchev–Trinajstić information content (AvgIpc) is 3.26. The van der Waals surface area contributed by atoms with Gasteiger partial charge in [0.05, 0.1) is 17.9 Å². The Hall–Kier alpha value is -2.97. The number of ether oxygens (including phenoxy) is 1. The summed E-state index contributed by atoms with van der Waals surface area (Å²) in [4.78, 5) is 18.6. The predicted molar refractivity (Wildman–Crippen MR) is 132 cm³/mol. The van der Waals surface area contributed by atoms with Gasteiger partial charge in [-0.05, 0) is 54.7 Å². The molecule has 0 saturated heterocycles. The summed E-state index contributed by atoms with van der Waals surface area (Å²) in [5.41, 5.74) is 2.17. The summed E-state index contributed by atoms with van der Waals surface area (Å²) < 4.78 is 44.2. The average molecular weight is 504 g/mol. The Morgan fingerprint density at radius 2 is 1.91 bits per heavy atom. The van der Waals surface area contributed by atoms with Crippen molar-refractivity contribution < 1.29 is 27.8 Å². The van der Waals surface area contributed by atoms with Crippen molar-refractivity contribution in [3.05, 3.63) is 82.4 Å². The molecule has 186 valence electrons. The molecule has 0 aliphatic rings. The van der Waals surface area contributed by atoms with Gasteiger partial charge < -0.3 is 9.84 Å². The molecule has 1 heterocycles. The van der Waals surface area contributed by atoms with Crippen LogP contribution in [0.25, 0.3) is 10.6 Å². The molecule has 0 aliphatic carbocycles. The van der Waals surface area contributed by atoms with Crippen LogP contribution >= 0.6 is 11.3 Å². The van der Waals surface area contributed by atoms with Gasteiger partial charge in [-0.25, -0.2) is 4.98 Å². The second kappa shape index (κ2) is 11.6. The number of Topliss-reactive ketones (excluding diaryl/α,β-unsaturated/α-hetero) is 1. The summed E-state index contributed by atoms with van der Waals surface area (Å²) in [7, 11) is 0. The molecule has 3 rings (SSSR count). The Kier molecular flexibility index (Phi) is 8.86. The van der Waals surface area contributed by atoms with Crippen molar-refractivity contribution >= 4 is 17.1 Å². The van der Waals surface area contributed by atoms with Crippen molar-refractivity contribution in [2.45, 2.75) is 45.2 Å². The number of halogens is 3. The number of alkyl halides is 3. The molecule has 8 heteroatoms. The number of nitrogens with zero attached hydrogens (tertiary/aromatic N) is 1. The van der Waals surface area contributed by atoms with Gasteiger partial charge in [-0.3, -0.25) is 4.79 Å². The number of aryl methyl sites for hydroxylation is 1. The van der Waals surface area contributed by atoms with E-state index in [1.165, 1.54) is 23.5 Å². The second-order valence-electron chi connectivity index (χ2n) is 8.37. The first-order valence-electron chi connectivity index (χ1n) is 11.3. The topological polar surface area (TPSA) is 59.4 Å². The summed E-state index contributed by atoms with van der Waals surface area (Å²) in [6.07, 6.45) is -1.36. The molecule has 0 unspecified atom stereocenters. The number of thiazole rings is 1. The van der Waals surface area contributed by atoms with E-state index in [0.717, 1.165) is 28.3 Å². The zero-order valence-electron chi connectivity index (χ0n) is 19.7. The summed E-state index contributed by atoms with van der Waals surface area (Å²) >= 11 is 1.41. The number of aliphatic hydroxyl groups excluding tert-OH is 1. The zero-order chi connectivity index (χ0) is 25.6. The van der Waals surface area contributed by atoms with Gasteiger partial charge in [0.1, 0.15) is 17.4 Å². The first-order valence-corrected chi connectivity index (χ1v) is 12.1. The van der Waals surface area contributed by atoms with Crippen LogP contribution in [-0.4, -0.2) is 29.1 Å². The summed E-state index contributed by atoms with van der Waals surface area (Å²) in [6.45, 7) is 7.82. The van der Waals surface area contributed by atoms with Gasteiger partial charge in [-0.15, -0.1) is 17.9 Å². The van der Waals surface area contributed by atoms with Crippen LogP contribution in [0.3, 0.4) is 0 Å². The van der Waals surface area contributed by atoms with Crippen LogP contribution in [0.1, 0.15) is 58.2 Å². The molecule has 3 aromatic rings. The molecule has 0 fully saturated rings. The fourth-order valence-electron chi connectivity index (χ4n) is 3.65. The van der Waals surface area contributed by atoms with E-state index in [4.69, 9.17) is 9.84 Å². The van der Waals surface area contributed by atoms with Gasteiger partial charge >= 0.3 is 6.18 Å². The Balaban J connectivity index is 1.78. The quantitative estimate of drug-likeness (QED) is 0.229. The van der Waals surface area contributed by atoms with Crippen molar-refractivity contribution in [3.63, 3.8) is 0 Å². The molecule has 4 nitrogen and oxygen atoms in total. The molecule has 2 aromatic carbocycles. The number of allylic oxidation sites excluding steroid dienone is 1. The van der Waals surface area contributed by atoms with E-state index >= 15 is 0 Å². The summed E-state index contributed by atoms with van der Waals surface area (Å²) in [6, 6.07) is 10.2. The van der Waals surface area contributed by atoms with E-state index in [1.807, 2.05) is 13.8 Å². The third kappa shape index (κ3) is 6.80.